The zero-order chi connectivity index (χ0) is 19.8. The van der Waals surface area contributed by atoms with Crippen molar-refractivity contribution in [3.63, 3.8) is 0 Å². The second-order valence-electron chi connectivity index (χ2n) is 5.94. The van der Waals surface area contributed by atoms with Gasteiger partial charge in [-0.15, -0.1) is 11.8 Å². The van der Waals surface area contributed by atoms with Gasteiger partial charge in [0.25, 0.3) is 5.91 Å². The summed E-state index contributed by atoms with van der Waals surface area (Å²) in [5, 5.41) is 2.78. The highest BCUT2D eigenvalue weighted by Gasteiger charge is 2.16. The van der Waals surface area contributed by atoms with Crippen molar-refractivity contribution >= 4 is 35.2 Å². The first-order valence-corrected chi connectivity index (χ1v) is 9.54. The monoisotopic (exact) mass is 386 g/mol. The Morgan fingerprint density at radius 1 is 1.11 bits per heavy atom. The van der Waals surface area contributed by atoms with Crippen molar-refractivity contribution < 1.29 is 19.1 Å². The van der Waals surface area contributed by atoms with Crippen LogP contribution >= 0.6 is 11.8 Å². The molecular formula is C20H22N2O4S. The van der Waals surface area contributed by atoms with E-state index in [2.05, 4.69) is 5.32 Å². The van der Waals surface area contributed by atoms with Crippen molar-refractivity contribution in [2.75, 3.05) is 31.8 Å². The van der Waals surface area contributed by atoms with Gasteiger partial charge < -0.3 is 15.0 Å². The molecule has 27 heavy (non-hydrogen) atoms. The zero-order valence-electron chi connectivity index (χ0n) is 15.5. The van der Waals surface area contributed by atoms with Crippen molar-refractivity contribution in [3.05, 3.63) is 59.7 Å². The first-order valence-electron chi connectivity index (χ1n) is 8.31. The topological polar surface area (TPSA) is 75.7 Å². The zero-order valence-corrected chi connectivity index (χ0v) is 16.3. The summed E-state index contributed by atoms with van der Waals surface area (Å²) in [6, 6.07) is 14.3. The van der Waals surface area contributed by atoms with Crippen molar-refractivity contribution in [2.24, 2.45) is 0 Å². The number of ether oxygens (including phenoxy) is 1. The van der Waals surface area contributed by atoms with Gasteiger partial charge in [-0.3, -0.25) is 9.59 Å². The molecule has 6 nitrogen and oxygen atoms in total. The number of anilines is 1. The lowest BCUT2D eigenvalue weighted by Gasteiger charge is -2.17. The van der Waals surface area contributed by atoms with Crippen molar-refractivity contribution in [1.29, 1.82) is 0 Å². The number of likely N-dealkylation sites (N-methyl/N-ethyl adjacent to an activating group) is 1. The van der Waals surface area contributed by atoms with Crippen LogP contribution in [0.25, 0.3) is 0 Å². The molecule has 0 aliphatic carbocycles. The molecule has 142 valence electrons. The van der Waals surface area contributed by atoms with Gasteiger partial charge in [0.05, 0.1) is 17.8 Å². The summed E-state index contributed by atoms with van der Waals surface area (Å²) < 4.78 is 5.04. The predicted octanol–water partition coefficient (Wildman–Crippen LogP) is 2.97. The molecule has 0 saturated carbocycles. The Hall–Kier alpha value is -2.80. The lowest BCUT2D eigenvalue weighted by atomic mass is 10.1. The van der Waals surface area contributed by atoms with Crippen LogP contribution in [0.3, 0.4) is 0 Å². The molecular weight excluding hydrogens is 364 g/mol. The van der Waals surface area contributed by atoms with Gasteiger partial charge in [0.1, 0.15) is 0 Å². The van der Waals surface area contributed by atoms with Gasteiger partial charge >= 0.3 is 5.97 Å². The Balaban J connectivity index is 1.84. The Morgan fingerprint density at radius 3 is 2.56 bits per heavy atom. The van der Waals surface area contributed by atoms with Crippen LogP contribution in [-0.4, -0.2) is 49.1 Å². The molecule has 2 rings (SSSR count). The summed E-state index contributed by atoms with van der Waals surface area (Å²) in [5.74, 6) is -1.35. The number of rotatable bonds is 7. The average Bonchev–Trinajstić information content (AvgIpc) is 2.66. The number of aryl methyl sites for hydroxylation is 1. The van der Waals surface area contributed by atoms with E-state index in [1.165, 1.54) is 23.7 Å². The number of para-hydroxylation sites is 1. The van der Waals surface area contributed by atoms with E-state index in [4.69, 9.17) is 4.74 Å². The molecule has 0 fully saturated rings. The molecule has 1 N–H and O–H groups in total. The Bertz CT molecular complexity index is 838. The number of nitrogens with one attached hydrogen (secondary N) is 1. The van der Waals surface area contributed by atoms with Gasteiger partial charge in [-0.1, -0.05) is 29.8 Å². The molecule has 0 aromatic heterocycles. The number of amides is 2. The first-order chi connectivity index (χ1) is 12.9. The fraction of sp³-hybridized carbons (Fsp3) is 0.250. The Labute approximate surface area is 162 Å². The van der Waals surface area contributed by atoms with Gasteiger partial charge in [0.2, 0.25) is 5.91 Å². The molecule has 0 unspecified atom stereocenters. The molecule has 0 bridgehead atoms. The molecule has 0 radical (unpaired) electrons. The van der Waals surface area contributed by atoms with Crippen LogP contribution in [0.2, 0.25) is 0 Å². The number of benzene rings is 2. The maximum atomic E-state index is 12.2. The van der Waals surface area contributed by atoms with Crippen molar-refractivity contribution in [2.45, 2.75) is 11.8 Å². The molecule has 0 spiro atoms. The average molecular weight is 386 g/mol. The fourth-order valence-electron chi connectivity index (χ4n) is 2.33. The minimum absolute atomic E-state index is 0.135. The van der Waals surface area contributed by atoms with Gasteiger partial charge in [0, 0.05) is 11.9 Å². The second-order valence-corrected chi connectivity index (χ2v) is 6.79. The third kappa shape index (κ3) is 6.14. The fourth-order valence-corrected chi connectivity index (χ4v) is 2.89. The largest absolute Gasteiger partial charge is 0.452 e. The third-order valence-electron chi connectivity index (χ3n) is 3.77. The number of carbonyl (C=O) groups excluding carboxylic acids is 3. The van der Waals surface area contributed by atoms with Crippen LogP contribution in [0.1, 0.15) is 15.9 Å². The van der Waals surface area contributed by atoms with E-state index in [0.29, 0.717) is 11.3 Å². The highest BCUT2D eigenvalue weighted by molar-refractivity contribution is 7.98. The molecule has 0 heterocycles. The summed E-state index contributed by atoms with van der Waals surface area (Å²) in [6.07, 6.45) is 1.92. The van der Waals surface area contributed by atoms with E-state index in [-0.39, 0.29) is 12.5 Å². The molecule has 2 aromatic rings. The Kier molecular flexibility index (Phi) is 7.43. The van der Waals surface area contributed by atoms with E-state index >= 15 is 0 Å². The van der Waals surface area contributed by atoms with Gasteiger partial charge in [0.15, 0.2) is 6.61 Å². The summed E-state index contributed by atoms with van der Waals surface area (Å²) in [7, 11) is 1.49. The lowest BCUT2D eigenvalue weighted by molar-refractivity contribution is -0.136. The number of esters is 1. The number of carbonyl (C=O) groups is 3. The number of thioether (sulfide) groups is 1. The van der Waals surface area contributed by atoms with Crippen LogP contribution in [0.4, 0.5) is 5.69 Å². The van der Waals surface area contributed by atoms with E-state index in [1.807, 2.05) is 37.4 Å². The standard InChI is InChI=1S/C20H22N2O4S/c1-14-7-6-8-15(11-14)20(25)26-13-19(24)22(2)12-18(23)21-16-9-4-5-10-17(16)27-3/h4-11H,12-13H2,1-3H3,(H,21,23). The minimum Gasteiger partial charge on any atom is -0.452 e. The molecule has 0 aliphatic rings. The molecule has 2 amide bonds. The Morgan fingerprint density at radius 2 is 1.85 bits per heavy atom. The first kappa shape index (κ1) is 20.5. The highest BCUT2D eigenvalue weighted by Crippen LogP contribution is 2.24. The maximum absolute atomic E-state index is 12.2. The highest BCUT2D eigenvalue weighted by atomic mass is 32.2. The van der Waals surface area contributed by atoms with Gasteiger partial charge in [-0.05, 0) is 37.4 Å². The number of hydrogen-bond acceptors (Lipinski definition) is 5. The number of nitrogens with zero attached hydrogens (tertiary/aromatic N) is 1. The minimum atomic E-state index is -0.571. The molecule has 0 aliphatic heterocycles. The molecule has 0 saturated heterocycles. The second kappa shape index (κ2) is 9.78. The molecule has 2 aromatic carbocycles. The van der Waals surface area contributed by atoms with Crippen LogP contribution in [0, 0.1) is 6.92 Å². The maximum Gasteiger partial charge on any atom is 0.338 e. The molecule has 7 heteroatoms. The smallest absolute Gasteiger partial charge is 0.338 e. The summed E-state index contributed by atoms with van der Waals surface area (Å²) in [6.45, 7) is 1.31. The van der Waals surface area contributed by atoms with Crippen molar-refractivity contribution in [1.82, 2.24) is 4.90 Å². The van der Waals surface area contributed by atoms with Gasteiger partial charge in [-0.2, -0.15) is 0 Å². The van der Waals surface area contributed by atoms with E-state index in [9.17, 15) is 14.4 Å². The van der Waals surface area contributed by atoms with Crippen LogP contribution < -0.4 is 5.32 Å². The van der Waals surface area contributed by atoms with Crippen molar-refractivity contribution in [3.8, 4) is 0 Å². The summed E-state index contributed by atoms with van der Waals surface area (Å²) in [5.41, 5.74) is 2.01. The molecule has 0 atom stereocenters. The predicted molar refractivity (Wildman–Crippen MR) is 106 cm³/mol. The summed E-state index contributed by atoms with van der Waals surface area (Å²) in [4.78, 5) is 38.4. The van der Waals surface area contributed by atoms with Crippen LogP contribution in [-0.2, 0) is 14.3 Å². The van der Waals surface area contributed by atoms with E-state index < -0.39 is 18.5 Å². The number of hydrogen-bond donors (Lipinski definition) is 1. The third-order valence-corrected chi connectivity index (χ3v) is 4.56. The lowest BCUT2D eigenvalue weighted by Crippen LogP contribution is -2.37. The van der Waals surface area contributed by atoms with Crippen LogP contribution in [0.15, 0.2) is 53.4 Å². The normalized spacial score (nSPS) is 10.2. The van der Waals surface area contributed by atoms with Crippen LogP contribution in [0.5, 0.6) is 0 Å². The SMILES string of the molecule is CSc1ccccc1NC(=O)CN(C)C(=O)COC(=O)c1cccc(C)c1. The van der Waals surface area contributed by atoms with E-state index in [1.54, 1.807) is 24.3 Å². The van der Waals surface area contributed by atoms with E-state index in [0.717, 1.165) is 10.5 Å². The summed E-state index contributed by atoms with van der Waals surface area (Å²) >= 11 is 1.52. The quantitative estimate of drug-likeness (QED) is 0.585. The van der Waals surface area contributed by atoms with Gasteiger partial charge in [-0.25, -0.2) is 4.79 Å².